The van der Waals surface area contributed by atoms with Gasteiger partial charge in [0.05, 0.1) is 5.69 Å². The number of anilines is 1. The van der Waals surface area contributed by atoms with Gasteiger partial charge in [0.15, 0.2) is 0 Å². The van der Waals surface area contributed by atoms with Gasteiger partial charge in [-0.05, 0) is 6.92 Å². The summed E-state index contributed by atoms with van der Waals surface area (Å²) in [4.78, 5) is 13.5. The van der Waals surface area contributed by atoms with E-state index in [0.717, 1.165) is 5.69 Å². The molecule has 0 aliphatic heterocycles. The monoisotopic (exact) mass is 124 g/mol. The minimum absolute atomic E-state index is 0.119. The van der Waals surface area contributed by atoms with Crippen LogP contribution in [0.5, 0.6) is 0 Å². The Morgan fingerprint density at radius 1 is 1.67 bits per heavy atom. The van der Waals surface area contributed by atoms with Gasteiger partial charge >= 0.3 is 0 Å². The fourth-order valence-corrected chi connectivity index (χ4v) is 0.595. The van der Waals surface area contributed by atoms with Gasteiger partial charge < -0.3 is 10.7 Å². The molecule has 0 atom stereocenters. The molecule has 0 bridgehead atoms. The summed E-state index contributed by atoms with van der Waals surface area (Å²) < 4.78 is 0. The number of nitrogens with one attached hydrogen (secondary N) is 1. The molecule has 48 valence electrons. The van der Waals surface area contributed by atoms with E-state index in [0.29, 0.717) is 5.69 Å². The van der Waals surface area contributed by atoms with E-state index in [2.05, 4.69) is 4.98 Å². The first-order chi connectivity index (χ1) is 4.22. The molecule has 0 spiro atoms. The van der Waals surface area contributed by atoms with Crippen LogP contribution in [0, 0.1) is 6.92 Å². The molecule has 0 fully saturated rings. The maximum absolute atomic E-state index is 10.7. The summed E-state index contributed by atoms with van der Waals surface area (Å²) in [7, 11) is 0. The molecule has 3 heteroatoms. The smallest absolute Gasteiger partial charge is 0.204 e. The molecule has 0 amide bonds. The molecule has 0 aliphatic carbocycles. The van der Waals surface area contributed by atoms with Crippen LogP contribution in [0.3, 0.4) is 0 Å². The number of hydrogen-bond donors (Lipinski definition) is 2. The summed E-state index contributed by atoms with van der Waals surface area (Å²) in [6.07, 6.45) is 1.58. The lowest BCUT2D eigenvalue weighted by Gasteiger charge is -1.94. The lowest BCUT2D eigenvalue weighted by molar-refractivity contribution is 1.19. The van der Waals surface area contributed by atoms with Crippen LogP contribution < -0.4 is 11.2 Å². The fourth-order valence-electron chi connectivity index (χ4n) is 0.595. The van der Waals surface area contributed by atoms with E-state index in [4.69, 9.17) is 5.73 Å². The van der Waals surface area contributed by atoms with Crippen LogP contribution in [0.15, 0.2) is 17.1 Å². The number of aryl methyl sites for hydroxylation is 1. The van der Waals surface area contributed by atoms with E-state index in [1.54, 1.807) is 13.1 Å². The normalized spacial score (nSPS) is 9.44. The predicted molar refractivity (Wildman–Crippen MR) is 36.2 cm³/mol. The second-order valence-corrected chi connectivity index (χ2v) is 1.88. The molecule has 0 saturated heterocycles. The molecule has 1 aromatic rings. The Kier molecular flexibility index (Phi) is 1.26. The summed E-state index contributed by atoms with van der Waals surface area (Å²) in [6, 6.07) is 1.41. The molecule has 0 saturated carbocycles. The molecule has 1 rings (SSSR count). The molecule has 1 heterocycles. The zero-order chi connectivity index (χ0) is 6.85. The number of rotatable bonds is 0. The van der Waals surface area contributed by atoms with Crippen molar-refractivity contribution >= 4 is 5.69 Å². The number of pyridine rings is 1. The first kappa shape index (κ1) is 5.88. The van der Waals surface area contributed by atoms with Crippen molar-refractivity contribution in [3.05, 3.63) is 28.2 Å². The van der Waals surface area contributed by atoms with Gasteiger partial charge in [0.1, 0.15) is 0 Å². The molecule has 0 unspecified atom stereocenters. The van der Waals surface area contributed by atoms with E-state index in [-0.39, 0.29) is 5.43 Å². The third-order valence-electron chi connectivity index (χ3n) is 1.20. The number of aromatic nitrogens is 1. The van der Waals surface area contributed by atoms with Crippen molar-refractivity contribution in [2.45, 2.75) is 6.92 Å². The maximum atomic E-state index is 10.7. The van der Waals surface area contributed by atoms with E-state index < -0.39 is 0 Å². The first-order valence-corrected chi connectivity index (χ1v) is 2.65. The minimum Gasteiger partial charge on any atom is -0.394 e. The van der Waals surface area contributed by atoms with Crippen molar-refractivity contribution in [3.63, 3.8) is 0 Å². The highest BCUT2D eigenvalue weighted by Crippen LogP contribution is 1.95. The van der Waals surface area contributed by atoms with Crippen LogP contribution in [0.1, 0.15) is 5.69 Å². The zero-order valence-electron chi connectivity index (χ0n) is 5.14. The standard InChI is InChI=1S/C6H8N2O/c1-4-6(7)5(9)2-3-8-4/h2-3H,7H2,1H3,(H,8,9). The summed E-state index contributed by atoms with van der Waals surface area (Å²) in [6.45, 7) is 1.76. The fraction of sp³-hybridized carbons (Fsp3) is 0.167. The van der Waals surface area contributed by atoms with Gasteiger partial charge in [0.2, 0.25) is 5.43 Å². The Balaban J connectivity index is 3.43. The second-order valence-electron chi connectivity index (χ2n) is 1.88. The molecular formula is C6H8N2O. The van der Waals surface area contributed by atoms with Gasteiger partial charge in [-0.25, -0.2) is 0 Å². The highest BCUT2D eigenvalue weighted by atomic mass is 16.1. The molecule has 1 aromatic heterocycles. The highest BCUT2D eigenvalue weighted by Gasteiger charge is 1.93. The zero-order valence-corrected chi connectivity index (χ0v) is 5.14. The van der Waals surface area contributed by atoms with Crippen LogP contribution >= 0.6 is 0 Å². The lowest BCUT2D eigenvalue weighted by Crippen LogP contribution is -2.08. The first-order valence-electron chi connectivity index (χ1n) is 2.65. The lowest BCUT2D eigenvalue weighted by atomic mass is 10.3. The Hall–Kier alpha value is -1.25. The van der Waals surface area contributed by atoms with Crippen LogP contribution in [-0.2, 0) is 0 Å². The third-order valence-corrected chi connectivity index (χ3v) is 1.20. The summed E-state index contributed by atoms with van der Waals surface area (Å²) in [5, 5.41) is 0. The summed E-state index contributed by atoms with van der Waals surface area (Å²) in [5.74, 6) is 0. The van der Waals surface area contributed by atoms with Gasteiger partial charge in [-0.3, -0.25) is 4.79 Å². The summed E-state index contributed by atoms with van der Waals surface area (Å²) >= 11 is 0. The predicted octanol–water partition coefficient (Wildman–Crippen LogP) is 0.266. The van der Waals surface area contributed by atoms with Crippen molar-refractivity contribution in [1.82, 2.24) is 4.98 Å². The Bertz CT molecular complexity index is 264. The number of nitrogens with two attached hydrogens (primary N) is 1. The molecule has 9 heavy (non-hydrogen) atoms. The van der Waals surface area contributed by atoms with E-state index in [9.17, 15) is 4.79 Å². The van der Waals surface area contributed by atoms with E-state index in [1.165, 1.54) is 6.07 Å². The van der Waals surface area contributed by atoms with Crippen LogP contribution in [0.25, 0.3) is 0 Å². The number of hydrogen-bond acceptors (Lipinski definition) is 2. The number of aromatic amines is 1. The number of H-pyrrole nitrogens is 1. The number of nitrogen functional groups attached to an aromatic ring is 1. The molecular weight excluding hydrogens is 116 g/mol. The average molecular weight is 124 g/mol. The van der Waals surface area contributed by atoms with Crippen molar-refractivity contribution in [3.8, 4) is 0 Å². The largest absolute Gasteiger partial charge is 0.394 e. The van der Waals surface area contributed by atoms with Crippen molar-refractivity contribution in [2.75, 3.05) is 5.73 Å². The molecule has 0 radical (unpaired) electrons. The van der Waals surface area contributed by atoms with Gasteiger partial charge in [0.25, 0.3) is 0 Å². The van der Waals surface area contributed by atoms with Gasteiger partial charge in [-0.15, -0.1) is 0 Å². The minimum atomic E-state index is -0.119. The molecule has 0 aliphatic rings. The van der Waals surface area contributed by atoms with Crippen LogP contribution in [0.2, 0.25) is 0 Å². The second kappa shape index (κ2) is 1.93. The quantitative estimate of drug-likeness (QED) is 0.521. The van der Waals surface area contributed by atoms with Crippen LogP contribution in [-0.4, -0.2) is 4.98 Å². The van der Waals surface area contributed by atoms with Gasteiger partial charge in [0, 0.05) is 18.0 Å². The molecule has 0 aromatic carbocycles. The summed E-state index contributed by atoms with van der Waals surface area (Å²) in [5.41, 5.74) is 6.25. The van der Waals surface area contributed by atoms with Gasteiger partial charge in [-0.1, -0.05) is 0 Å². The maximum Gasteiger partial charge on any atom is 0.204 e. The SMILES string of the molecule is Cc1[nH]ccc(=O)c1N. The van der Waals surface area contributed by atoms with Gasteiger partial charge in [-0.2, -0.15) is 0 Å². The third kappa shape index (κ3) is 0.937. The van der Waals surface area contributed by atoms with Crippen LogP contribution in [0.4, 0.5) is 5.69 Å². The van der Waals surface area contributed by atoms with Crippen molar-refractivity contribution in [2.24, 2.45) is 0 Å². The Labute approximate surface area is 52.5 Å². The molecule has 3 nitrogen and oxygen atoms in total. The highest BCUT2D eigenvalue weighted by molar-refractivity contribution is 5.40. The Morgan fingerprint density at radius 3 is 2.78 bits per heavy atom. The van der Waals surface area contributed by atoms with E-state index in [1.807, 2.05) is 0 Å². The van der Waals surface area contributed by atoms with Crippen molar-refractivity contribution < 1.29 is 0 Å². The topological polar surface area (TPSA) is 58.9 Å². The van der Waals surface area contributed by atoms with Crippen molar-refractivity contribution in [1.29, 1.82) is 0 Å². The van der Waals surface area contributed by atoms with E-state index >= 15 is 0 Å². The molecule has 3 N–H and O–H groups in total. The average Bonchev–Trinajstić information content (AvgIpc) is 1.83. The Morgan fingerprint density at radius 2 is 2.33 bits per heavy atom.